The average molecular weight is 435 g/mol. The van der Waals surface area contributed by atoms with Crippen molar-refractivity contribution < 1.29 is 22.5 Å². The molecular formula is C20H26N4O5S. The van der Waals surface area contributed by atoms with Gasteiger partial charge in [0.2, 0.25) is 15.8 Å². The summed E-state index contributed by atoms with van der Waals surface area (Å²) in [5, 5.41) is 6.57. The second kappa shape index (κ2) is 9.23. The quantitative estimate of drug-likeness (QED) is 0.741. The minimum atomic E-state index is -3.51. The van der Waals surface area contributed by atoms with Crippen LogP contribution in [0.15, 0.2) is 33.7 Å². The molecular weight excluding hydrogens is 408 g/mol. The molecule has 0 spiro atoms. The largest absolute Gasteiger partial charge is 0.376 e. The van der Waals surface area contributed by atoms with Crippen LogP contribution in [0, 0.1) is 0 Å². The molecule has 1 aromatic carbocycles. The van der Waals surface area contributed by atoms with Gasteiger partial charge >= 0.3 is 11.8 Å². The Bertz CT molecular complexity index is 959. The third-order valence-corrected chi connectivity index (χ3v) is 7.36. The lowest BCUT2D eigenvalue weighted by Gasteiger charge is -2.19. The van der Waals surface area contributed by atoms with Gasteiger partial charge in [0.1, 0.15) is 0 Å². The van der Waals surface area contributed by atoms with E-state index in [9.17, 15) is 13.2 Å². The first-order valence-electron chi connectivity index (χ1n) is 10.4. The van der Waals surface area contributed by atoms with Crippen molar-refractivity contribution in [1.29, 1.82) is 0 Å². The van der Waals surface area contributed by atoms with E-state index >= 15 is 0 Å². The minimum absolute atomic E-state index is 0.0232. The molecule has 1 atom stereocenters. The first-order valence-corrected chi connectivity index (χ1v) is 11.8. The number of sulfonamides is 1. The Hall–Kier alpha value is -2.30. The van der Waals surface area contributed by atoms with E-state index in [1.54, 1.807) is 28.6 Å². The number of nitrogens with one attached hydrogen (secondary N) is 1. The van der Waals surface area contributed by atoms with E-state index in [0.29, 0.717) is 31.8 Å². The number of carbonyl (C=O) groups is 1. The fourth-order valence-corrected chi connectivity index (χ4v) is 5.24. The molecule has 1 aromatic heterocycles. The van der Waals surface area contributed by atoms with Gasteiger partial charge in [-0.3, -0.25) is 4.79 Å². The number of ether oxygens (including phenoxy) is 1. The zero-order valence-corrected chi connectivity index (χ0v) is 17.6. The van der Waals surface area contributed by atoms with Crippen molar-refractivity contribution in [2.24, 2.45) is 0 Å². The molecule has 2 aliphatic heterocycles. The molecule has 30 heavy (non-hydrogen) atoms. The van der Waals surface area contributed by atoms with Gasteiger partial charge in [0.05, 0.1) is 11.0 Å². The Morgan fingerprint density at radius 2 is 1.83 bits per heavy atom. The van der Waals surface area contributed by atoms with Gasteiger partial charge in [-0.1, -0.05) is 18.0 Å². The second-order valence-corrected chi connectivity index (χ2v) is 9.55. The van der Waals surface area contributed by atoms with E-state index in [-0.39, 0.29) is 22.7 Å². The number of aromatic nitrogens is 2. The molecule has 2 aliphatic rings. The highest BCUT2D eigenvalue weighted by molar-refractivity contribution is 7.89. The Kier molecular flexibility index (Phi) is 6.45. The smallest absolute Gasteiger partial charge is 0.316 e. The van der Waals surface area contributed by atoms with Crippen LogP contribution in [0.2, 0.25) is 0 Å². The Morgan fingerprint density at radius 1 is 1.10 bits per heavy atom. The van der Waals surface area contributed by atoms with Gasteiger partial charge in [0.25, 0.3) is 0 Å². The summed E-state index contributed by atoms with van der Waals surface area (Å²) in [5.41, 5.74) is 0.576. The zero-order chi connectivity index (χ0) is 21.0. The number of hydrogen-bond donors (Lipinski definition) is 1. The fraction of sp³-hybridized carbons (Fsp3) is 0.550. The van der Waals surface area contributed by atoms with E-state index in [1.807, 2.05) is 0 Å². The van der Waals surface area contributed by atoms with Crippen LogP contribution in [-0.4, -0.2) is 61.1 Å². The second-order valence-electron chi connectivity index (χ2n) is 7.61. The first kappa shape index (κ1) is 21.0. The number of hydrogen-bond acceptors (Lipinski definition) is 7. The lowest BCUT2D eigenvalue weighted by molar-refractivity contribution is 0.0822. The van der Waals surface area contributed by atoms with Crippen LogP contribution >= 0.6 is 0 Å². The van der Waals surface area contributed by atoms with E-state index in [1.165, 1.54) is 0 Å². The molecule has 2 saturated heterocycles. The fourth-order valence-electron chi connectivity index (χ4n) is 3.73. The summed E-state index contributed by atoms with van der Waals surface area (Å²) in [6.07, 6.45) is 5.83. The molecule has 0 saturated carbocycles. The lowest BCUT2D eigenvalue weighted by Crippen LogP contribution is -2.32. The topological polar surface area (TPSA) is 115 Å². The summed E-state index contributed by atoms with van der Waals surface area (Å²) < 4.78 is 37.8. The number of rotatable bonds is 6. The summed E-state index contributed by atoms with van der Waals surface area (Å²) >= 11 is 0. The minimum Gasteiger partial charge on any atom is -0.376 e. The molecule has 0 radical (unpaired) electrons. The van der Waals surface area contributed by atoms with Crippen molar-refractivity contribution in [3.63, 3.8) is 0 Å². The van der Waals surface area contributed by atoms with Crippen LogP contribution in [0.3, 0.4) is 0 Å². The van der Waals surface area contributed by atoms with Crippen LogP contribution in [0.5, 0.6) is 0 Å². The summed E-state index contributed by atoms with van der Waals surface area (Å²) in [7, 11) is -3.51. The standard InChI is InChI=1S/C20H26N4O5S/c25-19(21-14-16-6-5-13-28-16)20-22-18(23-29-20)15-7-9-17(10-8-15)30(26,27)24-11-3-1-2-4-12-24/h7-10,16H,1-6,11-14H2,(H,21,25)/t16-/m1/s1. The highest BCUT2D eigenvalue weighted by Crippen LogP contribution is 2.23. The highest BCUT2D eigenvalue weighted by atomic mass is 32.2. The Labute approximate surface area is 175 Å². The van der Waals surface area contributed by atoms with E-state index in [2.05, 4.69) is 15.5 Å². The predicted octanol–water partition coefficient (Wildman–Crippen LogP) is 2.21. The molecule has 0 aliphatic carbocycles. The number of amides is 1. The number of carbonyl (C=O) groups excluding carboxylic acids is 1. The molecule has 162 valence electrons. The summed E-state index contributed by atoms with van der Waals surface area (Å²) in [5.74, 6) is -0.357. The monoisotopic (exact) mass is 434 g/mol. The first-order chi connectivity index (χ1) is 14.5. The molecule has 3 heterocycles. The van der Waals surface area contributed by atoms with Crippen molar-refractivity contribution in [3.8, 4) is 11.4 Å². The predicted molar refractivity (Wildman–Crippen MR) is 108 cm³/mol. The van der Waals surface area contributed by atoms with E-state index in [4.69, 9.17) is 9.26 Å². The van der Waals surface area contributed by atoms with Crippen LogP contribution in [-0.2, 0) is 14.8 Å². The molecule has 2 fully saturated rings. The third-order valence-electron chi connectivity index (χ3n) is 5.45. The van der Waals surface area contributed by atoms with Crippen molar-refractivity contribution >= 4 is 15.9 Å². The average Bonchev–Trinajstić information content (AvgIpc) is 3.39. The number of nitrogens with zero attached hydrogens (tertiary/aromatic N) is 3. The van der Waals surface area contributed by atoms with Gasteiger partial charge < -0.3 is 14.6 Å². The summed E-state index contributed by atoms with van der Waals surface area (Å²) in [6.45, 7) is 2.23. The third kappa shape index (κ3) is 4.71. The SMILES string of the molecule is O=C(NC[C@H]1CCCO1)c1nc(-c2ccc(S(=O)(=O)N3CCCCCC3)cc2)no1. The van der Waals surface area contributed by atoms with Crippen molar-refractivity contribution in [2.45, 2.75) is 49.5 Å². The molecule has 0 bridgehead atoms. The van der Waals surface area contributed by atoms with Crippen molar-refractivity contribution in [1.82, 2.24) is 19.8 Å². The van der Waals surface area contributed by atoms with Crippen LogP contribution in [0.4, 0.5) is 0 Å². The van der Waals surface area contributed by atoms with Gasteiger partial charge in [-0.05, 0) is 49.9 Å². The highest BCUT2D eigenvalue weighted by Gasteiger charge is 2.25. The van der Waals surface area contributed by atoms with E-state index < -0.39 is 15.9 Å². The normalized spacial score (nSPS) is 20.7. The van der Waals surface area contributed by atoms with Crippen molar-refractivity contribution in [3.05, 3.63) is 30.2 Å². The lowest BCUT2D eigenvalue weighted by atomic mass is 10.2. The van der Waals surface area contributed by atoms with Crippen LogP contribution in [0.25, 0.3) is 11.4 Å². The maximum atomic E-state index is 12.9. The summed E-state index contributed by atoms with van der Waals surface area (Å²) in [4.78, 5) is 16.6. The van der Waals surface area contributed by atoms with Crippen LogP contribution in [0.1, 0.15) is 49.2 Å². The van der Waals surface area contributed by atoms with Gasteiger partial charge in [-0.25, -0.2) is 8.42 Å². The molecule has 1 amide bonds. The van der Waals surface area contributed by atoms with Gasteiger partial charge in [0, 0.05) is 31.8 Å². The van der Waals surface area contributed by atoms with E-state index in [0.717, 1.165) is 38.5 Å². The molecule has 10 heteroatoms. The molecule has 4 rings (SSSR count). The van der Waals surface area contributed by atoms with Crippen molar-refractivity contribution in [2.75, 3.05) is 26.2 Å². The zero-order valence-electron chi connectivity index (χ0n) is 16.7. The maximum Gasteiger partial charge on any atom is 0.316 e. The van der Waals surface area contributed by atoms with Gasteiger partial charge in [-0.15, -0.1) is 0 Å². The molecule has 0 unspecified atom stereocenters. The maximum absolute atomic E-state index is 12.9. The molecule has 1 N–H and O–H groups in total. The van der Waals surface area contributed by atoms with Crippen LogP contribution < -0.4 is 5.32 Å². The Morgan fingerprint density at radius 3 is 2.50 bits per heavy atom. The molecule has 9 nitrogen and oxygen atoms in total. The Balaban J connectivity index is 1.42. The van der Waals surface area contributed by atoms with Gasteiger partial charge in [-0.2, -0.15) is 9.29 Å². The number of benzene rings is 1. The molecule has 2 aromatic rings. The summed E-state index contributed by atoms with van der Waals surface area (Å²) in [6, 6.07) is 6.35. The van der Waals surface area contributed by atoms with Gasteiger partial charge in [0.15, 0.2) is 0 Å².